The van der Waals surface area contributed by atoms with Crippen LogP contribution in [0.25, 0.3) is 0 Å². The molecule has 0 aliphatic carbocycles. The van der Waals surface area contributed by atoms with E-state index < -0.39 is 6.04 Å². The summed E-state index contributed by atoms with van der Waals surface area (Å²) < 4.78 is 5.40. The lowest BCUT2D eigenvalue weighted by Crippen LogP contribution is -2.56. The van der Waals surface area contributed by atoms with Crippen LogP contribution in [0.5, 0.6) is 0 Å². The summed E-state index contributed by atoms with van der Waals surface area (Å²) in [5, 5.41) is 2.07. The SMILES string of the molecule is CCC(N)C(c1sccc1C)N1CCOCC1C(N)=O. The molecule has 2 heterocycles. The Morgan fingerprint density at radius 2 is 2.40 bits per heavy atom. The van der Waals surface area contributed by atoms with Crippen LogP contribution in [0, 0.1) is 6.92 Å². The predicted octanol–water partition coefficient (Wildman–Crippen LogP) is 1.02. The summed E-state index contributed by atoms with van der Waals surface area (Å²) in [4.78, 5) is 15.1. The minimum Gasteiger partial charge on any atom is -0.378 e. The number of morpholine rings is 1. The normalized spacial score (nSPS) is 23.4. The standard InChI is InChI=1S/C14H23N3O2S/c1-3-10(15)12(13-9(2)4-7-20-13)17-5-6-19-8-11(17)14(16)18/h4,7,10-12H,3,5-6,8,15H2,1-2H3,(H2,16,18). The first-order chi connectivity index (χ1) is 9.56. The van der Waals surface area contributed by atoms with E-state index in [9.17, 15) is 4.79 Å². The smallest absolute Gasteiger partial charge is 0.237 e. The molecule has 3 atom stereocenters. The number of nitrogens with two attached hydrogens (primary N) is 2. The number of hydrogen-bond acceptors (Lipinski definition) is 5. The van der Waals surface area contributed by atoms with E-state index in [1.165, 1.54) is 10.4 Å². The molecule has 1 amide bonds. The van der Waals surface area contributed by atoms with Crippen molar-refractivity contribution >= 4 is 17.2 Å². The Labute approximate surface area is 123 Å². The van der Waals surface area contributed by atoms with Gasteiger partial charge >= 0.3 is 0 Å². The second-order valence-corrected chi connectivity index (χ2v) is 6.16. The molecule has 3 unspecified atom stereocenters. The molecule has 20 heavy (non-hydrogen) atoms. The Morgan fingerprint density at radius 3 is 2.95 bits per heavy atom. The Morgan fingerprint density at radius 1 is 1.65 bits per heavy atom. The van der Waals surface area contributed by atoms with E-state index in [4.69, 9.17) is 16.2 Å². The molecule has 4 N–H and O–H groups in total. The van der Waals surface area contributed by atoms with Gasteiger partial charge in [-0.15, -0.1) is 11.3 Å². The summed E-state index contributed by atoms with van der Waals surface area (Å²) in [5.74, 6) is -0.341. The Bertz CT molecular complexity index is 463. The second-order valence-electron chi connectivity index (χ2n) is 5.22. The number of aryl methyl sites for hydroxylation is 1. The lowest BCUT2D eigenvalue weighted by molar-refractivity contribution is -0.131. The van der Waals surface area contributed by atoms with Gasteiger partial charge < -0.3 is 16.2 Å². The molecule has 0 spiro atoms. The molecule has 1 fully saturated rings. The van der Waals surface area contributed by atoms with Crippen LogP contribution >= 0.6 is 11.3 Å². The third-order valence-electron chi connectivity index (χ3n) is 3.90. The number of ether oxygens (including phenoxy) is 1. The maximum atomic E-state index is 11.7. The Hall–Kier alpha value is -0.950. The van der Waals surface area contributed by atoms with Crippen LogP contribution in [0.15, 0.2) is 11.4 Å². The highest BCUT2D eigenvalue weighted by molar-refractivity contribution is 7.10. The number of amides is 1. The Balaban J connectivity index is 2.34. The van der Waals surface area contributed by atoms with Crippen molar-refractivity contribution < 1.29 is 9.53 Å². The molecule has 1 aromatic heterocycles. The molecule has 5 nitrogen and oxygen atoms in total. The van der Waals surface area contributed by atoms with Crippen molar-refractivity contribution in [2.75, 3.05) is 19.8 Å². The quantitative estimate of drug-likeness (QED) is 0.850. The highest BCUT2D eigenvalue weighted by Gasteiger charge is 2.37. The van der Waals surface area contributed by atoms with E-state index in [1.54, 1.807) is 11.3 Å². The first-order valence-electron chi connectivity index (χ1n) is 6.98. The van der Waals surface area contributed by atoms with Gasteiger partial charge in [-0.05, 0) is 30.4 Å². The summed E-state index contributed by atoms with van der Waals surface area (Å²) in [6.07, 6.45) is 0.852. The Kier molecular flexibility index (Phi) is 5.15. The van der Waals surface area contributed by atoms with Gasteiger partial charge in [0.25, 0.3) is 0 Å². The molecule has 1 saturated heterocycles. The molecule has 1 aliphatic heterocycles. The van der Waals surface area contributed by atoms with Crippen LogP contribution in [0.1, 0.15) is 29.8 Å². The summed E-state index contributed by atoms with van der Waals surface area (Å²) in [6.45, 7) is 5.80. The van der Waals surface area contributed by atoms with Gasteiger partial charge in [0.15, 0.2) is 0 Å². The summed E-state index contributed by atoms with van der Waals surface area (Å²) in [5.41, 5.74) is 13.1. The van der Waals surface area contributed by atoms with Crippen LogP contribution in [0.3, 0.4) is 0 Å². The minimum absolute atomic E-state index is 0.0210. The van der Waals surface area contributed by atoms with Gasteiger partial charge in [0.2, 0.25) is 5.91 Å². The lowest BCUT2D eigenvalue weighted by atomic mass is 9.98. The van der Waals surface area contributed by atoms with E-state index in [0.29, 0.717) is 19.8 Å². The van der Waals surface area contributed by atoms with E-state index in [1.807, 2.05) is 0 Å². The fourth-order valence-electron chi connectivity index (χ4n) is 2.70. The van der Waals surface area contributed by atoms with Crippen LogP contribution in [0.2, 0.25) is 0 Å². The van der Waals surface area contributed by atoms with E-state index in [0.717, 1.165) is 6.42 Å². The number of carbonyl (C=O) groups is 1. The molecule has 2 rings (SSSR count). The summed E-state index contributed by atoms with van der Waals surface area (Å²) in [7, 11) is 0. The zero-order valence-corrected chi connectivity index (χ0v) is 12.9. The van der Waals surface area contributed by atoms with Crippen molar-refractivity contribution in [3.63, 3.8) is 0 Å². The van der Waals surface area contributed by atoms with Crippen LogP contribution in [-0.2, 0) is 9.53 Å². The topological polar surface area (TPSA) is 81.6 Å². The second kappa shape index (κ2) is 6.67. The van der Waals surface area contributed by atoms with Gasteiger partial charge in [-0.3, -0.25) is 9.69 Å². The number of hydrogen-bond donors (Lipinski definition) is 2. The average molecular weight is 297 g/mol. The zero-order chi connectivity index (χ0) is 14.7. The third-order valence-corrected chi connectivity index (χ3v) is 4.99. The van der Waals surface area contributed by atoms with Crippen LogP contribution in [-0.4, -0.2) is 42.6 Å². The molecular formula is C14H23N3O2S. The molecule has 0 radical (unpaired) electrons. The molecule has 6 heteroatoms. The minimum atomic E-state index is -0.396. The van der Waals surface area contributed by atoms with Crippen molar-refractivity contribution in [2.45, 2.75) is 38.4 Å². The molecular weight excluding hydrogens is 274 g/mol. The van der Waals surface area contributed by atoms with Gasteiger partial charge in [0.05, 0.1) is 19.3 Å². The fourth-order valence-corrected chi connectivity index (χ4v) is 3.82. The van der Waals surface area contributed by atoms with Crippen molar-refractivity contribution in [1.29, 1.82) is 0 Å². The molecule has 1 aliphatic rings. The number of primary amides is 1. The monoisotopic (exact) mass is 297 g/mol. The van der Waals surface area contributed by atoms with Crippen LogP contribution < -0.4 is 11.5 Å². The maximum absolute atomic E-state index is 11.7. The van der Waals surface area contributed by atoms with E-state index >= 15 is 0 Å². The first kappa shape index (κ1) is 15.4. The predicted molar refractivity (Wildman–Crippen MR) is 80.6 cm³/mol. The van der Waals surface area contributed by atoms with Gasteiger partial charge in [0.1, 0.15) is 6.04 Å². The molecule has 0 aromatic carbocycles. The summed E-state index contributed by atoms with van der Waals surface area (Å²) in [6, 6.07) is 1.70. The van der Waals surface area contributed by atoms with Crippen LogP contribution in [0.4, 0.5) is 0 Å². The van der Waals surface area contributed by atoms with Crippen molar-refractivity contribution in [3.05, 3.63) is 21.9 Å². The van der Waals surface area contributed by atoms with Crippen molar-refractivity contribution in [2.24, 2.45) is 11.5 Å². The average Bonchev–Trinajstić information content (AvgIpc) is 2.85. The lowest BCUT2D eigenvalue weighted by Gasteiger charge is -2.41. The fraction of sp³-hybridized carbons (Fsp3) is 0.643. The number of carbonyl (C=O) groups excluding carboxylic acids is 1. The first-order valence-corrected chi connectivity index (χ1v) is 7.86. The largest absolute Gasteiger partial charge is 0.378 e. The molecule has 0 saturated carbocycles. The molecule has 1 aromatic rings. The highest BCUT2D eigenvalue weighted by Crippen LogP contribution is 2.34. The third kappa shape index (κ3) is 3.03. The number of nitrogens with zero attached hydrogens (tertiary/aromatic N) is 1. The van der Waals surface area contributed by atoms with Gasteiger partial charge in [0, 0.05) is 17.5 Å². The number of rotatable bonds is 5. The highest BCUT2D eigenvalue weighted by atomic mass is 32.1. The zero-order valence-electron chi connectivity index (χ0n) is 12.0. The van der Waals surface area contributed by atoms with Crippen molar-refractivity contribution in [1.82, 2.24) is 4.90 Å². The van der Waals surface area contributed by atoms with Gasteiger partial charge in [-0.25, -0.2) is 0 Å². The molecule has 0 bridgehead atoms. The van der Waals surface area contributed by atoms with E-state index in [-0.39, 0.29) is 18.0 Å². The number of thiophene rings is 1. The summed E-state index contributed by atoms with van der Waals surface area (Å²) >= 11 is 1.69. The van der Waals surface area contributed by atoms with Gasteiger partial charge in [-0.2, -0.15) is 0 Å². The van der Waals surface area contributed by atoms with E-state index in [2.05, 4.69) is 30.2 Å². The van der Waals surface area contributed by atoms with Crippen molar-refractivity contribution in [3.8, 4) is 0 Å². The van der Waals surface area contributed by atoms with Gasteiger partial charge in [-0.1, -0.05) is 6.92 Å². The molecule has 112 valence electrons. The maximum Gasteiger partial charge on any atom is 0.237 e.